The topological polar surface area (TPSA) is 95.7 Å². The van der Waals surface area contributed by atoms with Crippen LogP contribution in [0.5, 0.6) is 5.88 Å². The van der Waals surface area contributed by atoms with Crippen LogP contribution in [0.1, 0.15) is 24.5 Å². The fourth-order valence-corrected chi connectivity index (χ4v) is 6.06. The normalized spacial score (nSPS) is 22.4. The van der Waals surface area contributed by atoms with Crippen molar-refractivity contribution in [3.8, 4) is 17.1 Å². The van der Waals surface area contributed by atoms with Crippen molar-refractivity contribution >= 4 is 28.4 Å². The number of nitrogens with one attached hydrogen (secondary N) is 1. The highest BCUT2D eigenvalue weighted by Crippen LogP contribution is 2.46. The molecule has 220 valence electrons. The number of nitrogens with zero attached hydrogens (tertiary/aromatic N) is 6. The van der Waals surface area contributed by atoms with Crippen LogP contribution in [-0.4, -0.2) is 84.9 Å². The maximum absolute atomic E-state index is 16.6. The zero-order chi connectivity index (χ0) is 29.4. The minimum Gasteiger partial charge on any atom is -0.472 e. The van der Waals surface area contributed by atoms with E-state index in [1.54, 1.807) is 0 Å². The number of anilines is 3. The fourth-order valence-electron chi connectivity index (χ4n) is 6.06. The average molecular weight is 579 g/mol. The smallest absolute Gasteiger partial charge is 0.417 e. The van der Waals surface area contributed by atoms with Crippen LogP contribution in [0.2, 0.25) is 0 Å². The van der Waals surface area contributed by atoms with Gasteiger partial charge < -0.3 is 30.5 Å². The van der Waals surface area contributed by atoms with Crippen molar-refractivity contribution in [1.82, 2.24) is 25.2 Å². The van der Waals surface area contributed by atoms with Crippen LogP contribution >= 0.6 is 0 Å². The summed E-state index contributed by atoms with van der Waals surface area (Å²) >= 11 is 0. The Balaban J connectivity index is 1.65. The lowest BCUT2D eigenvalue weighted by molar-refractivity contribution is -0.137. The van der Waals surface area contributed by atoms with Crippen LogP contribution in [0.3, 0.4) is 0 Å². The first-order valence-electron chi connectivity index (χ1n) is 13.5. The number of nitrogens with two attached hydrogens (primary N) is 1. The molecule has 0 bridgehead atoms. The van der Waals surface area contributed by atoms with Gasteiger partial charge in [-0.1, -0.05) is 0 Å². The van der Waals surface area contributed by atoms with Gasteiger partial charge >= 0.3 is 6.18 Å². The molecular weight excluding hydrogens is 547 g/mol. The van der Waals surface area contributed by atoms with Crippen LogP contribution in [0.15, 0.2) is 6.07 Å². The second kappa shape index (κ2) is 9.79. The molecular formula is C27H31F5N8O. The monoisotopic (exact) mass is 578 g/mol. The molecule has 0 unspecified atom stereocenters. The maximum atomic E-state index is 16.6. The number of fused-ring (bicyclic) bond motifs is 2. The van der Waals surface area contributed by atoms with Crippen LogP contribution < -0.4 is 25.6 Å². The Bertz CT molecular complexity index is 1530. The van der Waals surface area contributed by atoms with Crippen LogP contribution in [-0.2, 0) is 6.18 Å². The Kier molecular flexibility index (Phi) is 6.60. The lowest BCUT2D eigenvalue weighted by atomic mass is 9.96. The zero-order valence-corrected chi connectivity index (χ0v) is 23.1. The summed E-state index contributed by atoms with van der Waals surface area (Å²) < 4.78 is 80.1. The molecule has 0 amide bonds. The van der Waals surface area contributed by atoms with Gasteiger partial charge in [-0.3, -0.25) is 0 Å². The SMILES string of the molecule is Cc1c(F)c(N)cc(-c2nc3c4c(nc(N5CC[C@H]5CN(C)C)nc4c2F)N2CCNC[C@H]2[C@H](C)O3)c1C(F)(F)F. The van der Waals surface area contributed by atoms with E-state index in [4.69, 9.17) is 15.5 Å². The third kappa shape index (κ3) is 4.47. The van der Waals surface area contributed by atoms with Gasteiger partial charge in [-0.25, -0.2) is 18.7 Å². The average Bonchev–Trinajstić information content (AvgIpc) is 3.01. The standard InChI is InChI=1S/C27H31F5N8O/c1-12-19(27(30,31)32)15(9-16(33)20(12)28)22-21(29)23-18-24(37-26(36-23)39-7-5-14(39)11-38(3)4)40-8-6-34-10-17(40)13(2)41-25(18)35-22/h9,13-14,17,34H,5-8,10-11,33H2,1-4H3/t13-,14-,17-/m0/s1. The van der Waals surface area contributed by atoms with E-state index in [0.717, 1.165) is 26.0 Å². The second-order valence-corrected chi connectivity index (χ2v) is 11.2. The van der Waals surface area contributed by atoms with E-state index in [2.05, 4.69) is 15.3 Å². The first kappa shape index (κ1) is 27.6. The van der Waals surface area contributed by atoms with Crippen molar-refractivity contribution < 1.29 is 26.7 Å². The second-order valence-electron chi connectivity index (χ2n) is 11.2. The Morgan fingerprint density at radius 1 is 1.12 bits per heavy atom. The van der Waals surface area contributed by atoms with Crippen molar-refractivity contribution in [2.45, 2.75) is 44.6 Å². The van der Waals surface area contributed by atoms with Crippen molar-refractivity contribution in [2.24, 2.45) is 0 Å². The number of pyridine rings is 1. The molecule has 0 aliphatic carbocycles. The summed E-state index contributed by atoms with van der Waals surface area (Å²) in [4.78, 5) is 19.8. The molecule has 3 aliphatic rings. The Labute approximate surface area is 233 Å². The molecule has 14 heteroatoms. The van der Waals surface area contributed by atoms with Gasteiger partial charge in [0.05, 0.1) is 17.3 Å². The summed E-state index contributed by atoms with van der Waals surface area (Å²) in [6.07, 6.45) is -4.59. The Hall–Kier alpha value is -3.52. The highest BCUT2D eigenvalue weighted by atomic mass is 19.4. The summed E-state index contributed by atoms with van der Waals surface area (Å²) in [5, 5.41) is 3.52. The van der Waals surface area contributed by atoms with Crippen LogP contribution in [0.25, 0.3) is 22.2 Å². The summed E-state index contributed by atoms with van der Waals surface area (Å²) in [6, 6.07) is 0.669. The summed E-state index contributed by atoms with van der Waals surface area (Å²) in [5.74, 6) is -1.67. The molecule has 3 aliphatic heterocycles. The first-order chi connectivity index (χ1) is 19.4. The summed E-state index contributed by atoms with van der Waals surface area (Å²) in [5.41, 5.74) is 1.54. The third-order valence-corrected chi connectivity index (χ3v) is 8.16. The van der Waals surface area contributed by atoms with Gasteiger partial charge in [0.15, 0.2) is 5.82 Å². The van der Waals surface area contributed by atoms with Crippen molar-refractivity contribution in [2.75, 3.05) is 62.4 Å². The minimum absolute atomic E-state index is 0.0815. The van der Waals surface area contributed by atoms with Gasteiger partial charge in [0.25, 0.3) is 0 Å². The Morgan fingerprint density at radius 2 is 1.88 bits per heavy atom. The molecule has 41 heavy (non-hydrogen) atoms. The lowest BCUT2D eigenvalue weighted by Crippen LogP contribution is -2.57. The van der Waals surface area contributed by atoms with Gasteiger partial charge in [-0.05, 0) is 46.0 Å². The molecule has 2 fully saturated rings. The van der Waals surface area contributed by atoms with Gasteiger partial charge in [0.1, 0.15) is 34.3 Å². The number of rotatable bonds is 4. The molecule has 0 radical (unpaired) electrons. The largest absolute Gasteiger partial charge is 0.472 e. The maximum Gasteiger partial charge on any atom is 0.417 e. The third-order valence-electron chi connectivity index (χ3n) is 8.16. The van der Waals surface area contributed by atoms with Crippen molar-refractivity contribution in [1.29, 1.82) is 0 Å². The number of benzene rings is 1. The molecule has 3 aromatic rings. The van der Waals surface area contributed by atoms with E-state index in [0.29, 0.717) is 32.0 Å². The fraction of sp³-hybridized carbons (Fsp3) is 0.519. The molecule has 2 aromatic heterocycles. The number of piperazine rings is 1. The van der Waals surface area contributed by atoms with Crippen LogP contribution in [0.4, 0.5) is 39.4 Å². The number of alkyl halides is 3. The molecule has 3 N–H and O–H groups in total. The van der Waals surface area contributed by atoms with E-state index < -0.39 is 52.0 Å². The van der Waals surface area contributed by atoms with E-state index in [9.17, 15) is 17.6 Å². The van der Waals surface area contributed by atoms with Gasteiger partial charge in [-0.15, -0.1) is 0 Å². The predicted octanol–water partition coefficient (Wildman–Crippen LogP) is 3.58. The summed E-state index contributed by atoms with van der Waals surface area (Å²) in [7, 11) is 3.91. The van der Waals surface area contributed by atoms with E-state index in [1.165, 1.54) is 0 Å². The molecule has 3 atom stereocenters. The molecule has 0 spiro atoms. The molecule has 9 nitrogen and oxygen atoms in total. The number of nitrogen functional groups attached to an aromatic ring is 1. The van der Waals surface area contributed by atoms with Crippen LogP contribution in [0, 0.1) is 18.6 Å². The van der Waals surface area contributed by atoms with E-state index in [-0.39, 0.29) is 34.8 Å². The van der Waals surface area contributed by atoms with Gasteiger partial charge in [0, 0.05) is 44.3 Å². The quantitative estimate of drug-likeness (QED) is 0.356. The van der Waals surface area contributed by atoms with Gasteiger partial charge in [-0.2, -0.15) is 18.2 Å². The number of ether oxygens (including phenoxy) is 1. The number of aromatic nitrogens is 3. The van der Waals surface area contributed by atoms with Crippen molar-refractivity contribution in [3.63, 3.8) is 0 Å². The van der Waals surface area contributed by atoms with Crippen molar-refractivity contribution in [3.05, 3.63) is 28.8 Å². The highest BCUT2D eigenvalue weighted by molar-refractivity contribution is 5.98. The number of halogens is 5. The predicted molar refractivity (Wildman–Crippen MR) is 145 cm³/mol. The van der Waals surface area contributed by atoms with Gasteiger partial charge in [0.2, 0.25) is 11.8 Å². The molecule has 1 aromatic carbocycles. The first-order valence-corrected chi connectivity index (χ1v) is 13.5. The highest BCUT2D eigenvalue weighted by Gasteiger charge is 2.42. The molecule has 6 rings (SSSR count). The summed E-state index contributed by atoms with van der Waals surface area (Å²) in [6.45, 7) is 5.94. The number of hydrogen-bond donors (Lipinski definition) is 2. The molecule has 2 saturated heterocycles. The Morgan fingerprint density at radius 3 is 2.54 bits per heavy atom. The van der Waals surface area contributed by atoms with E-state index >= 15 is 4.39 Å². The molecule has 0 saturated carbocycles. The lowest BCUT2D eigenvalue weighted by Gasteiger charge is -2.43. The number of likely N-dealkylation sites (N-methyl/N-ethyl adjacent to an activating group) is 1. The zero-order valence-electron chi connectivity index (χ0n) is 23.1. The molecule has 5 heterocycles. The number of hydrogen-bond acceptors (Lipinski definition) is 9. The van der Waals surface area contributed by atoms with E-state index in [1.807, 2.05) is 35.7 Å². The minimum atomic E-state index is -5.01.